The number of benzene rings is 1. The van der Waals surface area contributed by atoms with Crippen molar-refractivity contribution in [3.63, 3.8) is 0 Å². The van der Waals surface area contributed by atoms with Gasteiger partial charge in [0.15, 0.2) is 0 Å². The Balaban J connectivity index is 1.65. The standard InChI is InChI=1S/C14H19FN2/c15-11-3-1-5-14(9-11)17-8-2-4-13(10-17)16-12-6-7-12/h1,3,5,9,12-13,16H,2,4,6-8,10H2. The SMILES string of the molecule is Fc1cccc(N2CCCC(NC3CC3)C2)c1. The van der Waals surface area contributed by atoms with E-state index in [1.807, 2.05) is 6.07 Å². The largest absolute Gasteiger partial charge is 0.370 e. The predicted octanol–water partition coefficient (Wildman–Crippen LogP) is 2.55. The van der Waals surface area contributed by atoms with E-state index in [1.54, 1.807) is 12.1 Å². The molecule has 2 aliphatic rings. The van der Waals surface area contributed by atoms with Crippen LogP contribution >= 0.6 is 0 Å². The van der Waals surface area contributed by atoms with E-state index in [9.17, 15) is 4.39 Å². The molecule has 0 bridgehead atoms. The third-order valence-corrected chi connectivity index (χ3v) is 3.64. The first-order valence-electron chi connectivity index (χ1n) is 6.58. The zero-order chi connectivity index (χ0) is 11.7. The third-order valence-electron chi connectivity index (χ3n) is 3.64. The minimum atomic E-state index is -0.139. The van der Waals surface area contributed by atoms with Crippen LogP contribution in [0.1, 0.15) is 25.7 Å². The van der Waals surface area contributed by atoms with Crippen LogP contribution in [0.25, 0.3) is 0 Å². The van der Waals surface area contributed by atoms with E-state index in [1.165, 1.54) is 31.7 Å². The monoisotopic (exact) mass is 234 g/mol. The van der Waals surface area contributed by atoms with Gasteiger partial charge in [0.2, 0.25) is 0 Å². The lowest BCUT2D eigenvalue weighted by atomic mass is 10.0. The second-order valence-corrected chi connectivity index (χ2v) is 5.21. The average Bonchev–Trinajstić information content (AvgIpc) is 3.13. The Labute approximate surface area is 102 Å². The molecule has 17 heavy (non-hydrogen) atoms. The van der Waals surface area contributed by atoms with Crippen LogP contribution in [-0.2, 0) is 0 Å². The molecule has 1 aliphatic carbocycles. The van der Waals surface area contributed by atoms with E-state index < -0.39 is 0 Å². The molecule has 1 heterocycles. The first-order valence-corrected chi connectivity index (χ1v) is 6.58. The summed E-state index contributed by atoms with van der Waals surface area (Å²) in [6.45, 7) is 2.06. The minimum absolute atomic E-state index is 0.139. The predicted molar refractivity (Wildman–Crippen MR) is 67.8 cm³/mol. The summed E-state index contributed by atoms with van der Waals surface area (Å²) in [5.74, 6) is -0.139. The summed E-state index contributed by atoms with van der Waals surface area (Å²) >= 11 is 0. The van der Waals surface area contributed by atoms with Gasteiger partial charge in [-0.25, -0.2) is 4.39 Å². The van der Waals surface area contributed by atoms with Crippen LogP contribution in [0, 0.1) is 5.82 Å². The van der Waals surface area contributed by atoms with Crippen LogP contribution in [-0.4, -0.2) is 25.2 Å². The fourth-order valence-electron chi connectivity index (χ4n) is 2.60. The van der Waals surface area contributed by atoms with Crippen LogP contribution in [0.5, 0.6) is 0 Å². The summed E-state index contributed by atoms with van der Waals surface area (Å²) < 4.78 is 13.2. The van der Waals surface area contributed by atoms with E-state index >= 15 is 0 Å². The van der Waals surface area contributed by atoms with Crippen LogP contribution in [0.3, 0.4) is 0 Å². The maximum absolute atomic E-state index is 13.2. The molecule has 0 aromatic heterocycles. The summed E-state index contributed by atoms with van der Waals surface area (Å²) in [7, 11) is 0. The van der Waals surface area contributed by atoms with Crippen molar-refractivity contribution in [2.75, 3.05) is 18.0 Å². The Morgan fingerprint density at radius 3 is 2.82 bits per heavy atom. The highest BCUT2D eigenvalue weighted by Crippen LogP contribution is 2.24. The molecule has 1 saturated heterocycles. The van der Waals surface area contributed by atoms with Gasteiger partial charge in [0.25, 0.3) is 0 Å². The lowest BCUT2D eigenvalue weighted by Crippen LogP contribution is -2.46. The Morgan fingerprint density at radius 2 is 2.06 bits per heavy atom. The summed E-state index contributed by atoms with van der Waals surface area (Å²) in [6.07, 6.45) is 5.11. The van der Waals surface area contributed by atoms with Crippen molar-refractivity contribution < 1.29 is 4.39 Å². The normalized spacial score (nSPS) is 25.0. The van der Waals surface area contributed by atoms with Crippen LogP contribution in [0.15, 0.2) is 24.3 Å². The van der Waals surface area contributed by atoms with Crippen LogP contribution < -0.4 is 10.2 Å². The van der Waals surface area contributed by atoms with Crippen molar-refractivity contribution in [3.8, 4) is 0 Å². The topological polar surface area (TPSA) is 15.3 Å². The molecule has 1 aromatic rings. The highest BCUT2D eigenvalue weighted by Gasteiger charge is 2.27. The molecule has 3 heteroatoms. The molecule has 1 aliphatic heterocycles. The van der Waals surface area contributed by atoms with Crippen molar-refractivity contribution in [3.05, 3.63) is 30.1 Å². The number of piperidine rings is 1. The molecule has 1 saturated carbocycles. The summed E-state index contributed by atoms with van der Waals surface area (Å²) in [4.78, 5) is 2.30. The molecule has 1 aromatic carbocycles. The third kappa shape index (κ3) is 2.78. The smallest absolute Gasteiger partial charge is 0.125 e. The van der Waals surface area contributed by atoms with Crippen molar-refractivity contribution in [2.45, 2.75) is 37.8 Å². The van der Waals surface area contributed by atoms with Crippen molar-refractivity contribution >= 4 is 5.69 Å². The van der Waals surface area contributed by atoms with Crippen molar-refractivity contribution in [1.82, 2.24) is 5.32 Å². The van der Waals surface area contributed by atoms with Gasteiger partial charge in [-0.2, -0.15) is 0 Å². The van der Waals surface area contributed by atoms with Gasteiger partial charge < -0.3 is 10.2 Å². The molecule has 92 valence electrons. The maximum atomic E-state index is 13.2. The summed E-state index contributed by atoms with van der Waals surface area (Å²) in [6, 6.07) is 8.28. The van der Waals surface area contributed by atoms with E-state index in [0.717, 1.165) is 24.8 Å². The van der Waals surface area contributed by atoms with Gasteiger partial charge in [0.1, 0.15) is 5.82 Å². The van der Waals surface area contributed by atoms with E-state index in [2.05, 4.69) is 10.2 Å². The number of anilines is 1. The van der Waals surface area contributed by atoms with Gasteiger partial charge in [0, 0.05) is 30.9 Å². The molecule has 0 amide bonds. The van der Waals surface area contributed by atoms with Gasteiger partial charge >= 0.3 is 0 Å². The quantitative estimate of drug-likeness (QED) is 0.864. The fourth-order valence-corrected chi connectivity index (χ4v) is 2.60. The Bertz CT molecular complexity index is 390. The molecule has 1 atom stereocenters. The molecule has 0 radical (unpaired) electrons. The molecular weight excluding hydrogens is 215 g/mol. The molecule has 2 nitrogen and oxygen atoms in total. The number of nitrogens with one attached hydrogen (secondary N) is 1. The van der Waals surface area contributed by atoms with Gasteiger partial charge in [-0.15, -0.1) is 0 Å². The van der Waals surface area contributed by atoms with Gasteiger partial charge in [-0.05, 0) is 43.9 Å². The Hall–Kier alpha value is -1.09. The molecular formula is C14H19FN2. The highest BCUT2D eigenvalue weighted by molar-refractivity contribution is 5.47. The highest BCUT2D eigenvalue weighted by atomic mass is 19.1. The lowest BCUT2D eigenvalue weighted by Gasteiger charge is -2.35. The fraction of sp³-hybridized carbons (Fsp3) is 0.571. The molecule has 3 rings (SSSR count). The lowest BCUT2D eigenvalue weighted by molar-refractivity contribution is 0.420. The number of rotatable bonds is 3. The van der Waals surface area contributed by atoms with Crippen LogP contribution in [0.2, 0.25) is 0 Å². The van der Waals surface area contributed by atoms with E-state index in [-0.39, 0.29) is 5.82 Å². The van der Waals surface area contributed by atoms with Gasteiger partial charge in [-0.3, -0.25) is 0 Å². The Kier molecular flexibility index (Phi) is 3.02. The minimum Gasteiger partial charge on any atom is -0.370 e. The second kappa shape index (κ2) is 4.65. The van der Waals surface area contributed by atoms with Crippen LogP contribution in [0.4, 0.5) is 10.1 Å². The number of nitrogens with zero attached hydrogens (tertiary/aromatic N) is 1. The van der Waals surface area contributed by atoms with Gasteiger partial charge in [-0.1, -0.05) is 6.07 Å². The summed E-state index contributed by atoms with van der Waals surface area (Å²) in [5, 5.41) is 3.67. The van der Waals surface area contributed by atoms with Crippen molar-refractivity contribution in [2.24, 2.45) is 0 Å². The van der Waals surface area contributed by atoms with E-state index in [4.69, 9.17) is 0 Å². The molecule has 1 N–H and O–H groups in total. The van der Waals surface area contributed by atoms with E-state index in [0.29, 0.717) is 6.04 Å². The number of hydrogen-bond donors (Lipinski definition) is 1. The zero-order valence-electron chi connectivity index (χ0n) is 10.0. The second-order valence-electron chi connectivity index (χ2n) is 5.21. The first-order chi connectivity index (χ1) is 8.31. The van der Waals surface area contributed by atoms with Gasteiger partial charge in [0.05, 0.1) is 0 Å². The number of halogens is 1. The molecule has 0 spiro atoms. The average molecular weight is 234 g/mol. The maximum Gasteiger partial charge on any atom is 0.125 e. The number of hydrogen-bond acceptors (Lipinski definition) is 2. The Morgan fingerprint density at radius 1 is 1.18 bits per heavy atom. The first kappa shape index (κ1) is 11.0. The zero-order valence-corrected chi connectivity index (χ0v) is 10.0. The van der Waals surface area contributed by atoms with Crippen molar-refractivity contribution in [1.29, 1.82) is 0 Å². The summed E-state index contributed by atoms with van der Waals surface area (Å²) in [5.41, 5.74) is 1.02. The molecule has 2 fully saturated rings. The molecule has 1 unspecified atom stereocenters.